The van der Waals surface area contributed by atoms with Crippen LogP contribution >= 0.6 is 0 Å². The van der Waals surface area contributed by atoms with Gasteiger partial charge in [0.25, 0.3) is 5.91 Å². The van der Waals surface area contributed by atoms with Crippen molar-refractivity contribution in [2.24, 2.45) is 5.41 Å². The summed E-state index contributed by atoms with van der Waals surface area (Å²) in [4.78, 5) is 29.3. The number of nitrogens with one attached hydrogen (secondary N) is 1. The Kier molecular flexibility index (Phi) is 6.82. The lowest BCUT2D eigenvalue weighted by Crippen LogP contribution is -2.45. The first kappa shape index (κ1) is 24.7. The standard InChI is InChI=1S/C25H28F3N3O4/c1-34-19-7-8-20(21(15-19)35-2)22(32)30-12-9-24(10-13-30)11-14-31(16-24)23(33)29-18-5-3-17(4-6-18)25(26,27)28/h3-8,15H,9-14,16H2,1-2H3,(H,29,33). The Labute approximate surface area is 201 Å². The Hall–Kier alpha value is -3.43. The Morgan fingerprint density at radius 2 is 1.54 bits per heavy atom. The van der Waals surface area contributed by atoms with Crippen molar-refractivity contribution in [1.29, 1.82) is 0 Å². The van der Waals surface area contributed by atoms with E-state index in [1.54, 1.807) is 35.1 Å². The fraction of sp³-hybridized carbons (Fsp3) is 0.440. The molecule has 2 heterocycles. The van der Waals surface area contributed by atoms with Gasteiger partial charge in [-0.3, -0.25) is 4.79 Å². The lowest BCUT2D eigenvalue weighted by atomic mass is 9.77. The van der Waals surface area contributed by atoms with Crippen LogP contribution in [0.2, 0.25) is 0 Å². The van der Waals surface area contributed by atoms with Crippen LogP contribution in [-0.4, -0.2) is 62.1 Å². The molecule has 0 aromatic heterocycles. The van der Waals surface area contributed by atoms with E-state index >= 15 is 0 Å². The van der Waals surface area contributed by atoms with E-state index in [9.17, 15) is 22.8 Å². The van der Waals surface area contributed by atoms with E-state index in [-0.39, 0.29) is 17.4 Å². The second kappa shape index (κ2) is 9.67. The summed E-state index contributed by atoms with van der Waals surface area (Å²) in [6.45, 7) is 2.25. The average molecular weight is 492 g/mol. The van der Waals surface area contributed by atoms with Crippen LogP contribution in [0.15, 0.2) is 42.5 Å². The third-order valence-electron chi connectivity index (χ3n) is 6.94. The first-order valence-corrected chi connectivity index (χ1v) is 11.4. The van der Waals surface area contributed by atoms with Crippen LogP contribution in [0, 0.1) is 5.41 Å². The van der Waals surface area contributed by atoms with Gasteiger partial charge in [-0.15, -0.1) is 0 Å². The highest BCUT2D eigenvalue weighted by molar-refractivity contribution is 5.97. The normalized spacial score (nSPS) is 17.4. The Morgan fingerprint density at radius 3 is 2.11 bits per heavy atom. The number of likely N-dealkylation sites (tertiary alicyclic amines) is 2. The van der Waals surface area contributed by atoms with Gasteiger partial charge in [0, 0.05) is 37.9 Å². The summed E-state index contributed by atoms with van der Waals surface area (Å²) < 4.78 is 48.8. The molecule has 188 valence electrons. The zero-order valence-corrected chi connectivity index (χ0v) is 19.7. The fourth-order valence-corrected chi connectivity index (χ4v) is 4.79. The number of hydrogen-bond donors (Lipinski definition) is 1. The SMILES string of the molecule is COc1ccc(C(=O)N2CCC3(CCN(C(=O)Nc4ccc(C(F)(F)F)cc4)C3)CC2)c(OC)c1. The van der Waals surface area contributed by atoms with E-state index in [1.807, 2.05) is 0 Å². The molecule has 0 radical (unpaired) electrons. The number of amides is 3. The maximum atomic E-state index is 13.1. The Balaban J connectivity index is 1.33. The molecule has 2 saturated heterocycles. The number of benzene rings is 2. The minimum atomic E-state index is -4.42. The van der Waals surface area contributed by atoms with Gasteiger partial charge in [0.15, 0.2) is 0 Å². The highest BCUT2D eigenvalue weighted by Gasteiger charge is 2.43. The number of hydrogen-bond acceptors (Lipinski definition) is 4. The molecule has 0 saturated carbocycles. The van der Waals surface area contributed by atoms with Gasteiger partial charge in [-0.2, -0.15) is 13.2 Å². The maximum absolute atomic E-state index is 13.1. The molecule has 0 bridgehead atoms. The predicted octanol–water partition coefficient (Wildman–Crippen LogP) is 4.88. The number of rotatable bonds is 4. The lowest BCUT2D eigenvalue weighted by molar-refractivity contribution is -0.137. The quantitative estimate of drug-likeness (QED) is 0.662. The van der Waals surface area contributed by atoms with Crippen molar-refractivity contribution in [3.8, 4) is 11.5 Å². The number of halogens is 3. The number of anilines is 1. The van der Waals surface area contributed by atoms with E-state index in [0.717, 1.165) is 31.4 Å². The Morgan fingerprint density at radius 1 is 0.914 bits per heavy atom. The van der Waals surface area contributed by atoms with Crippen molar-refractivity contribution in [3.63, 3.8) is 0 Å². The van der Waals surface area contributed by atoms with Gasteiger partial charge in [-0.25, -0.2) is 4.79 Å². The zero-order chi connectivity index (χ0) is 25.2. The molecular weight excluding hydrogens is 463 g/mol. The molecule has 2 fully saturated rings. The second-order valence-electron chi connectivity index (χ2n) is 9.04. The van der Waals surface area contributed by atoms with Gasteiger partial charge >= 0.3 is 12.2 Å². The van der Waals surface area contributed by atoms with Gasteiger partial charge in [-0.05, 0) is 61.1 Å². The van der Waals surface area contributed by atoms with Gasteiger partial charge in [-0.1, -0.05) is 0 Å². The molecule has 10 heteroatoms. The van der Waals surface area contributed by atoms with Crippen LogP contribution in [-0.2, 0) is 6.18 Å². The number of piperidine rings is 1. The molecule has 7 nitrogen and oxygen atoms in total. The molecule has 3 amide bonds. The van der Waals surface area contributed by atoms with Crippen molar-refractivity contribution in [2.75, 3.05) is 45.7 Å². The predicted molar refractivity (Wildman–Crippen MR) is 124 cm³/mol. The van der Waals surface area contributed by atoms with Gasteiger partial charge < -0.3 is 24.6 Å². The van der Waals surface area contributed by atoms with Crippen LogP contribution in [0.5, 0.6) is 11.5 Å². The van der Waals surface area contributed by atoms with Crippen LogP contribution in [0.25, 0.3) is 0 Å². The van der Waals surface area contributed by atoms with Crippen LogP contribution in [0.1, 0.15) is 35.2 Å². The van der Waals surface area contributed by atoms with Gasteiger partial charge in [0.1, 0.15) is 11.5 Å². The molecule has 2 aromatic rings. The number of ether oxygens (including phenoxy) is 2. The molecule has 2 aliphatic rings. The van der Waals surface area contributed by atoms with Gasteiger partial charge in [0.05, 0.1) is 25.3 Å². The molecule has 0 unspecified atom stereocenters. The van der Waals surface area contributed by atoms with Crippen LogP contribution < -0.4 is 14.8 Å². The van der Waals surface area contributed by atoms with Crippen molar-refractivity contribution in [1.82, 2.24) is 9.80 Å². The summed E-state index contributed by atoms with van der Waals surface area (Å²) in [6.07, 6.45) is -2.07. The maximum Gasteiger partial charge on any atom is 0.416 e. The first-order valence-electron chi connectivity index (χ1n) is 11.4. The minimum absolute atomic E-state index is 0.0712. The molecule has 0 aliphatic carbocycles. The summed E-state index contributed by atoms with van der Waals surface area (Å²) in [6, 6.07) is 9.19. The van der Waals surface area contributed by atoms with E-state index in [4.69, 9.17) is 9.47 Å². The zero-order valence-electron chi connectivity index (χ0n) is 19.7. The fourth-order valence-electron chi connectivity index (χ4n) is 4.79. The second-order valence-corrected chi connectivity index (χ2v) is 9.04. The lowest BCUT2D eigenvalue weighted by Gasteiger charge is -2.39. The minimum Gasteiger partial charge on any atom is -0.497 e. The summed E-state index contributed by atoms with van der Waals surface area (Å²) >= 11 is 0. The molecule has 2 aliphatic heterocycles. The Bertz CT molecular complexity index is 1080. The number of methoxy groups -OCH3 is 2. The smallest absolute Gasteiger partial charge is 0.416 e. The van der Waals surface area contributed by atoms with E-state index in [1.165, 1.54) is 19.2 Å². The van der Waals surface area contributed by atoms with Gasteiger partial charge in [0.2, 0.25) is 0 Å². The molecule has 0 atom stereocenters. The van der Waals surface area contributed by atoms with Crippen molar-refractivity contribution >= 4 is 17.6 Å². The number of nitrogens with zero attached hydrogens (tertiary/aromatic N) is 2. The van der Waals surface area contributed by atoms with E-state index in [0.29, 0.717) is 48.9 Å². The summed E-state index contributed by atoms with van der Waals surface area (Å²) in [5.74, 6) is 0.965. The molecule has 2 aromatic carbocycles. The van der Waals surface area contributed by atoms with Crippen molar-refractivity contribution in [2.45, 2.75) is 25.4 Å². The molecular formula is C25H28F3N3O4. The van der Waals surface area contributed by atoms with Crippen LogP contribution in [0.3, 0.4) is 0 Å². The summed E-state index contributed by atoms with van der Waals surface area (Å²) in [5, 5.41) is 2.69. The largest absolute Gasteiger partial charge is 0.497 e. The third-order valence-corrected chi connectivity index (χ3v) is 6.94. The number of alkyl halides is 3. The van der Waals surface area contributed by atoms with Crippen molar-refractivity contribution < 1.29 is 32.2 Å². The molecule has 4 rings (SSSR count). The molecule has 1 N–H and O–H groups in total. The first-order chi connectivity index (χ1) is 16.6. The molecule has 35 heavy (non-hydrogen) atoms. The number of carbonyl (C=O) groups excluding carboxylic acids is 2. The number of urea groups is 1. The van der Waals surface area contributed by atoms with E-state index < -0.39 is 11.7 Å². The van der Waals surface area contributed by atoms with Crippen LogP contribution in [0.4, 0.5) is 23.7 Å². The molecule has 1 spiro atoms. The monoisotopic (exact) mass is 491 g/mol. The topological polar surface area (TPSA) is 71.1 Å². The summed E-state index contributed by atoms with van der Waals surface area (Å²) in [7, 11) is 3.06. The third kappa shape index (κ3) is 5.31. The highest BCUT2D eigenvalue weighted by Crippen LogP contribution is 2.41. The summed E-state index contributed by atoms with van der Waals surface area (Å²) in [5.41, 5.74) is -0.0339. The highest BCUT2D eigenvalue weighted by atomic mass is 19.4. The number of carbonyl (C=O) groups is 2. The van der Waals surface area contributed by atoms with Crippen molar-refractivity contribution in [3.05, 3.63) is 53.6 Å². The van der Waals surface area contributed by atoms with E-state index in [2.05, 4.69) is 5.32 Å². The average Bonchev–Trinajstić information content (AvgIpc) is 3.27.